The monoisotopic (exact) mass is 315 g/mol. The second kappa shape index (κ2) is 5.98. The summed E-state index contributed by atoms with van der Waals surface area (Å²) in [5.41, 5.74) is 0.668. The first-order chi connectivity index (χ1) is 10.6. The highest BCUT2D eigenvalue weighted by atomic mass is 32.1. The molecular weight excluding hydrogens is 302 g/mol. The summed E-state index contributed by atoms with van der Waals surface area (Å²) < 4.78 is 0. The van der Waals surface area contributed by atoms with Gasteiger partial charge in [-0.25, -0.2) is 0 Å². The molecule has 0 aliphatic carbocycles. The molecule has 0 spiro atoms. The summed E-state index contributed by atoms with van der Waals surface area (Å²) in [7, 11) is 0. The zero-order valence-corrected chi connectivity index (χ0v) is 12.4. The third kappa shape index (κ3) is 2.84. The van der Waals surface area contributed by atoms with Crippen molar-refractivity contribution in [2.24, 2.45) is 0 Å². The van der Waals surface area contributed by atoms with Crippen LogP contribution in [-0.4, -0.2) is 22.4 Å². The number of thiophene rings is 1. The van der Waals surface area contributed by atoms with Crippen LogP contribution >= 0.6 is 11.3 Å². The number of nitro groups is 1. The largest absolute Gasteiger partial charge is 0.350 e. The molecule has 0 atom stereocenters. The molecule has 1 aromatic carbocycles. The molecule has 112 valence electrons. The molecule has 3 aromatic rings. The van der Waals surface area contributed by atoms with Crippen molar-refractivity contribution in [3.05, 3.63) is 62.5 Å². The molecule has 7 heteroatoms. The van der Waals surface area contributed by atoms with Gasteiger partial charge >= 0.3 is 0 Å². The molecule has 0 saturated heterocycles. The summed E-state index contributed by atoms with van der Waals surface area (Å²) in [6.07, 6.45) is 0.768. The number of carbonyl (C=O) groups is 1. The Labute approximate surface area is 129 Å². The second-order valence-corrected chi connectivity index (χ2v) is 5.80. The Morgan fingerprint density at radius 1 is 1.32 bits per heavy atom. The first-order valence-electron chi connectivity index (χ1n) is 6.72. The molecule has 0 radical (unpaired) electrons. The van der Waals surface area contributed by atoms with E-state index in [2.05, 4.69) is 10.3 Å². The Morgan fingerprint density at radius 3 is 2.91 bits per heavy atom. The second-order valence-electron chi connectivity index (χ2n) is 4.77. The summed E-state index contributed by atoms with van der Waals surface area (Å²) >= 11 is 1.65. The number of carbonyl (C=O) groups excluding carboxylic acids is 1. The van der Waals surface area contributed by atoms with E-state index in [1.807, 2.05) is 17.5 Å². The average molecular weight is 315 g/mol. The fraction of sp³-hybridized carbons (Fsp3) is 0.133. The molecule has 0 fully saturated rings. The number of nitrogens with one attached hydrogen (secondary N) is 2. The molecule has 2 heterocycles. The molecule has 2 N–H and O–H groups in total. The predicted octanol–water partition coefficient (Wildman–Crippen LogP) is 3.11. The fourth-order valence-corrected chi connectivity index (χ4v) is 2.97. The smallest absolute Gasteiger partial charge is 0.293 e. The van der Waals surface area contributed by atoms with Crippen molar-refractivity contribution in [2.45, 2.75) is 6.42 Å². The maximum Gasteiger partial charge on any atom is 0.293 e. The number of aromatic nitrogens is 1. The number of hydrogen-bond acceptors (Lipinski definition) is 4. The SMILES string of the molecule is O=C(NCCc1cccs1)c1cc2cccc([N+](=O)[O-])c2[nH]1. The highest BCUT2D eigenvalue weighted by Gasteiger charge is 2.16. The van der Waals surface area contributed by atoms with E-state index in [1.54, 1.807) is 29.5 Å². The van der Waals surface area contributed by atoms with Crippen LogP contribution in [0.5, 0.6) is 0 Å². The van der Waals surface area contributed by atoms with Crippen LogP contribution in [0.1, 0.15) is 15.4 Å². The van der Waals surface area contributed by atoms with Crippen LogP contribution in [0.2, 0.25) is 0 Å². The highest BCUT2D eigenvalue weighted by Crippen LogP contribution is 2.25. The molecule has 1 amide bonds. The molecular formula is C15H13N3O3S. The maximum absolute atomic E-state index is 12.1. The zero-order chi connectivity index (χ0) is 15.5. The predicted molar refractivity (Wildman–Crippen MR) is 85.3 cm³/mol. The molecule has 0 saturated carbocycles. The van der Waals surface area contributed by atoms with Gasteiger partial charge in [0.15, 0.2) is 0 Å². The Morgan fingerprint density at radius 2 is 2.18 bits per heavy atom. The molecule has 0 bridgehead atoms. The van der Waals surface area contributed by atoms with Crippen molar-refractivity contribution in [1.29, 1.82) is 0 Å². The van der Waals surface area contributed by atoms with Gasteiger partial charge in [0.05, 0.1) is 4.92 Å². The number of nitrogens with zero attached hydrogens (tertiary/aromatic N) is 1. The number of non-ortho nitro benzene ring substituents is 1. The van der Waals surface area contributed by atoms with Crippen molar-refractivity contribution in [3.8, 4) is 0 Å². The van der Waals surface area contributed by atoms with Crippen molar-refractivity contribution in [1.82, 2.24) is 10.3 Å². The zero-order valence-electron chi connectivity index (χ0n) is 11.5. The Hall–Kier alpha value is -2.67. The molecule has 3 rings (SSSR count). The van der Waals surface area contributed by atoms with E-state index in [1.165, 1.54) is 10.9 Å². The molecule has 0 aliphatic rings. The van der Waals surface area contributed by atoms with Gasteiger partial charge in [-0.05, 0) is 23.9 Å². The van der Waals surface area contributed by atoms with Crippen LogP contribution in [0.4, 0.5) is 5.69 Å². The number of benzene rings is 1. The van der Waals surface area contributed by atoms with Gasteiger partial charge < -0.3 is 10.3 Å². The normalized spacial score (nSPS) is 10.7. The number of nitro benzene ring substituents is 1. The average Bonchev–Trinajstić information content (AvgIpc) is 3.15. The number of para-hydroxylation sites is 1. The maximum atomic E-state index is 12.1. The van der Waals surface area contributed by atoms with E-state index in [0.29, 0.717) is 23.1 Å². The molecule has 0 unspecified atom stereocenters. The Kier molecular flexibility index (Phi) is 3.88. The molecule has 6 nitrogen and oxygen atoms in total. The number of hydrogen-bond donors (Lipinski definition) is 2. The fourth-order valence-electron chi connectivity index (χ4n) is 2.26. The Balaban J connectivity index is 1.74. The van der Waals surface area contributed by atoms with E-state index < -0.39 is 4.92 Å². The van der Waals surface area contributed by atoms with Crippen LogP contribution in [0.25, 0.3) is 10.9 Å². The van der Waals surface area contributed by atoms with Crippen molar-refractivity contribution >= 4 is 33.8 Å². The van der Waals surface area contributed by atoms with E-state index in [-0.39, 0.29) is 11.6 Å². The van der Waals surface area contributed by atoms with E-state index >= 15 is 0 Å². The number of rotatable bonds is 5. The standard InChI is InChI=1S/C15H13N3O3S/c19-15(16-7-6-11-4-2-8-22-11)12-9-10-3-1-5-13(18(20)21)14(10)17-12/h1-5,8-9,17H,6-7H2,(H,16,19). The van der Waals surface area contributed by atoms with Crippen LogP contribution < -0.4 is 5.32 Å². The molecule has 22 heavy (non-hydrogen) atoms. The third-order valence-electron chi connectivity index (χ3n) is 3.31. The van der Waals surface area contributed by atoms with E-state index in [0.717, 1.165) is 6.42 Å². The van der Waals surface area contributed by atoms with Gasteiger partial charge in [-0.15, -0.1) is 11.3 Å². The van der Waals surface area contributed by atoms with Gasteiger partial charge in [0.1, 0.15) is 11.2 Å². The Bertz CT molecular complexity index is 824. The van der Waals surface area contributed by atoms with Gasteiger partial charge in [-0.1, -0.05) is 18.2 Å². The third-order valence-corrected chi connectivity index (χ3v) is 4.25. The minimum Gasteiger partial charge on any atom is -0.350 e. The lowest BCUT2D eigenvalue weighted by Gasteiger charge is -2.02. The first kappa shape index (κ1) is 14.3. The van der Waals surface area contributed by atoms with Crippen LogP contribution in [0.3, 0.4) is 0 Å². The first-order valence-corrected chi connectivity index (χ1v) is 7.60. The van der Waals surface area contributed by atoms with Gasteiger partial charge in [-0.3, -0.25) is 14.9 Å². The van der Waals surface area contributed by atoms with Crippen molar-refractivity contribution in [3.63, 3.8) is 0 Å². The van der Waals surface area contributed by atoms with Gasteiger partial charge in [-0.2, -0.15) is 0 Å². The number of fused-ring (bicyclic) bond motifs is 1. The van der Waals surface area contributed by atoms with E-state index in [9.17, 15) is 14.9 Å². The number of aromatic amines is 1. The number of amides is 1. The van der Waals surface area contributed by atoms with Crippen LogP contribution in [0, 0.1) is 10.1 Å². The summed E-state index contributed by atoms with van der Waals surface area (Å²) in [6.45, 7) is 0.525. The minimum absolute atomic E-state index is 0.0323. The lowest BCUT2D eigenvalue weighted by Crippen LogP contribution is -2.25. The topological polar surface area (TPSA) is 88.0 Å². The van der Waals surface area contributed by atoms with Crippen LogP contribution in [-0.2, 0) is 6.42 Å². The van der Waals surface area contributed by atoms with Gasteiger partial charge in [0.2, 0.25) is 0 Å². The summed E-state index contributed by atoms with van der Waals surface area (Å²) in [4.78, 5) is 26.7. The molecule has 0 aliphatic heterocycles. The quantitative estimate of drug-likeness (QED) is 0.560. The lowest BCUT2D eigenvalue weighted by molar-refractivity contribution is -0.383. The summed E-state index contributed by atoms with van der Waals surface area (Å²) in [5, 5.41) is 16.4. The lowest BCUT2D eigenvalue weighted by atomic mass is 10.2. The van der Waals surface area contributed by atoms with Crippen LogP contribution in [0.15, 0.2) is 41.8 Å². The minimum atomic E-state index is -0.461. The van der Waals surface area contributed by atoms with E-state index in [4.69, 9.17) is 0 Å². The molecule has 2 aromatic heterocycles. The summed E-state index contributed by atoms with van der Waals surface area (Å²) in [5.74, 6) is -0.262. The van der Waals surface area contributed by atoms with Gasteiger partial charge in [0.25, 0.3) is 11.6 Å². The van der Waals surface area contributed by atoms with Crippen molar-refractivity contribution in [2.75, 3.05) is 6.54 Å². The van der Waals surface area contributed by atoms with Crippen molar-refractivity contribution < 1.29 is 9.72 Å². The van der Waals surface area contributed by atoms with Gasteiger partial charge in [0, 0.05) is 22.9 Å². The number of H-pyrrole nitrogens is 1. The summed E-state index contributed by atoms with van der Waals surface area (Å²) in [6, 6.07) is 10.4. The highest BCUT2D eigenvalue weighted by molar-refractivity contribution is 7.09.